The van der Waals surface area contributed by atoms with Crippen LogP contribution in [0.2, 0.25) is 0 Å². The molecule has 0 atom stereocenters. The number of carboxylic acid groups (broad SMARTS) is 1. The van der Waals surface area contributed by atoms with Gasteiger partial charge < -0.3 is 10.8 Å². The van der Waals surface area contributed by atoms with Crippen LogP contribution in [0.25, 0.3) is 5.69 Å². The van der Waals surface area contributed by atoms with Gasteiger partial charge in [0.05, 0.1) is 16.9 Å². The van der Waals surface area contributed by atoms with Gasteiger partial charge in [0.25, 0.3) is 5.82 Å². The highest BCUT2D eigenvalue weighted by atomic mass is 16.4. The first-order chi connectivity index (χ1) is 8.11. The summed E-state index contributed by atoms with van der Waals surface area (Å²) in [6.45, 7) is 0. The van der Waals surface area contributed by atoms with Crippen molar-refractivity contribution in [2.24, 2.45) is 0 Å². The SMILES string of the molecule is N#Cc1ncn(-c2ccc(C(=O)O)cc2N)n1. The molecule has 1 heterocycles. The minimum atomic E-state index is -1.06. The summed E-state index contributed by atoms with van der Waals surface area (Å²) in [7, 11) is 0. The third-order valence-corrected chi connectivity index (χ3v) is 2.11. The molecular formula is C10H7N5O2. The first kappa shape index (κ1) is 10.6. The van der Waals surface area contributed by atoms with Crippen molar-refractivity contribution in [3.8, 4) is 11.8 Å². The fourth-order valence-electron chi connectivity index (χ4n) is 1.33. The number of hydrogen-bond acceptors (Lipinski definition) is 5. The summed E-state index contributed by atoms with van der Waals surface area (Å²) in [5.41, 5.74) is 6.52. The van der Waals surface area contributed by atoms with Crippen molar-refractivity contribution >= 4 is 11.7 Å². The molecule has 0 fully saturated rings. The third-order valence-electron chi connectivity index (χ3n) is 2.11. The number of anilines is 1. The van der Waals surface area contributed by atoms with Crippen LogP contribution in [0, 0.1) is 11.3 Å². The first-order valence-electron chi connectivity index (χ1n) is 4.57. The Morgan fingerprint density at radius 3 is 2.82 bits per heavy atom. The number of nitrogens with zero attached hydrogens (tertiary/aromatic N) is 4. The Labute approximate surface area is 95.7 Å². The quantitative estimate of drug-likeness (QED) is 0.720. The number of aromatic nitrogens is 3. The van der Waals surface area contributed by atoms with Crippen molar-refractivity contribution in [1.82, 2.24) is 14.8 Å². The molecule has 7 nitrogen and oxygen atoms in total. The molecular weight excluding hydrogens is 222 g/mol. The molecule has 2 aromatic rings. The van der Waals surface area contributed by atoms with E-state index in [0.29, 0.717) is 5.69 Å². The lowest BCUT2D eigenvalue weighted by Gasteiger charge is -2.05. The zero-order valence-electron chi connectivity index (χ0n) is 8.53. The summed E-state index contributed by atoms with van der Waals surface area (Å²) in [4.78, 5) is 14.4. The van der Waals surface area contributed by atoms with Crippen molar-refractivity contribution in [2.45, 2.75) is 0 Å². The van der Waals surface area contributed by atoms with Crippen molar-refractivity contribution in [3.63, 3.8) is 0 Å². The van der Waals surface area contributed by atoms with E-state index in [0.717, 1.165) is 0 Å². The zero-order valence-corrected chi connectivity index (χ0v) is 8.53. The summed E-state index contributed by atoms with van der Waals surface area (Å²) < 4.78 is 1.32. The van der Waals surface area contributed by atoms with Crippen LogP contribution < -0.4 is 5.73 Å². The van der Waals surface area contributed by atoms with Gasteiger partial charge in [-0.05, 0) is 18.2 Å². The molecule has 0 aliphatic heterocycles. The van der Waals surface area contributed by atoms with E-state index >= 15 is 0 Å². The van der Waals surface area contributed by atoms with Gasteiger partial charge in [-0.3, -0.25) is 0 Å². The van der Waals surface area contributed by atoms with Gasteiger partial charge in [-0.25, -0.2) is 14.5 Å². The molecule has 0 amide bonds. The Bertz CT molecular complexity index is 626. The molecule has 0 aliphatic carbocycles. The fraction of sp³-hybridized carbons (Fsp3) is 0. The van der Waals surface area contributed by atoms with E-state index in [4.69, 9.17) is 16.1 Å². The van der Waals surface area contributed by atoms with Gasteiger partial charge in [0.1, 0.15) is 12.4 Å². The van der Waals surface area contributed by atoms with Gasteiger partial charge >= 0.3 is 5.97 Å². The second kappa shape index (κ2) is 3.94. The predicted octanol–water partition coefficient (Wildman–Crippen LogP) is 0.419. The molecule has 2 rings (SSSR count). The van der Waals surface area contributed by atoms with Crippen molar-refractivity contribution in [3.05, 3.63) is 35.9 Å². The average molecular weight is 229 g/mol. The van der Waals surface area contributed by atoms with Crippen LogP contribution >= 0.6 is 0 Å². The lowest BCUT2D eigenvalue weighted by Crippen LogP contribution is -2.04. The Morgan fingerprint density at radius 2 is 2.29 bits per heavy atom. The Balaban J connectivity index is 2.47. The molecule has 0 radical (unpaired) electrons. The summed E-state index contributed by atoms with van der Waals surface area (Å²) in [6.07, 6.45) is 1.34. The molecule has 0 unspecified atom stereocenters. The minimum absolute atomic E-state index is 0.0201. The Hall–Kier alpha value is -2.88. The summed E-state index contributed by atoms with van der Waals surface area (Å²) in [5, 5.41) is 21.2. The van der Waals surface area contributed by atoms with Crippen LogP contribution in [0.1, 0.15) is 16.2 Å². The number of nitrogen functional groups attached to an aromatic ring is 1. The van der Waals surface area contributed by atoms with E-state index < -0.39 is 5.97 Å². The molecule has 3 N–H and O–H groups in total. The van der Waals surface area contributed by atoms with Crippen molar-refractivity contribution in [2.75, 3.05) is 5.73 Å². The number of hydrogen-bond donors (Lipinski definition) is 2. The van der Waals surface area contributed by atoms with E-state index in [1.807, 2.05) is 0 Å². The predicted molar refractivity (Wildman–Crippen MR) is 57.4 cm³/mol. The van der Waals surface area contributed by atoms with Crippen LogP contribution in [-0.4, -0.2) is 25.8 Å². The van der Waals surface area contributed by atoms with Crippen LogP contribution in [0.4, 0.5) is 5.69 Å². The Morgan fingerprint density at radius 1 is 1.53 bits per heavy atom. The number of rotatable bonds is 2. The highest BCUT2D eigenvalue weighted by Gasteiger charge is 2.09. The molecule has 1 aromatic heterocycles. The molecule has 0 bridgehead atoms. The second-order valence-electron chi connectivity index (χ2n) is 3.20. The topological polar surface area (TPSA) is 118 Å². The van der Waals surface area contributed by atoms with E-state index in [-0.39, 0.29) is 17.1 Å². The Kier molecular flexibility index (Phi) is 2.46. The molecule has 0 aliphatic rings. The fourth-order valence-corrected chi connectivity index (χ4v) is 1.33. The molecule has 0 saturated carbocycles. The maximum absolute atomic E-state index is 10.7. The van der Waals surface area contributed by atoms with Crippen molar-refractivity contribution in [1.29, 1.82) is 5.26 Å². The smallest absolute Gasteiger partial charge is 0.335 e. The van der Waals surface area contributed by atoms with Gasteiger partial charge in [-0.15, -0.1) is 5.10 Å². The minimum Gasteiger partial charge on any atom is -0.478 e. The molecule has 0 saturated heterocycles. The number of benzene rings is 1. The first-order valence-corrected chi connectivity index (χ1v) is 4.57. The molecule has 1 aromatic carbocycles. The number of carbonyl (C=O) groups is 1. The maximum atomic E-state index is 10.7. The van der Waals surface area contributed by atoms with E-state index in [1.54, 1.807) is 6.07 Å². The molecule has 17 heavy (non-hydrogen) atoms. The monoisotopic (exact) mass is 229 g/mol. The standard InChI is InChI=1S/C10H7N5O2/c11-4-9-13-5-15(14-9)8-2-1-6(10(16)17)3-7(8)12/h1-3,5H,12H2,(H,16,17). The second-order valence-corrected chi connectivity index (χ2v) is 3.20. The lowest BCUT2D eigenvalue weighted by molar-refractivity contribution is 0.0697. The van der Waals surface area contributed by atoms with E-state index in [2.05, 4.69) is 10.1 Å². The summed E-state index contributed by atoms with van der Waals surface area (Å²) in [5.74, 6) is -1.04. The normalized spacial score (nSPS) is 9.82. The zero-order chi connectivity index (χ0) is 12.4. The van der Waals surface area contributed by atoms with Gasteiger partial charge in [0.15, 0.2) is 0 Å². The van der Waals surface area contributed by atoms with Gasteiger partial charge in [0.2, 0.25) is 0 Å². The summed E-state index contributed by atoms with van der Waals surface area (Å²) >= 11 is 0. The molecule has 0 spiro atoms. The molecule has 7 heteroatoms. The van der Waals surface area contributed by atoms with Crippen molar-refractivity contribution < 1.29 is 9.90 Å². The number of carboxylic acids is 1. The molecule has 84 valence electrons. The van der Waals surface area contributed by atoms with Crippen LogP contribution in [0.5, 0.6) is 0 Å². The van der Waals surface area contributed by atoms with Gasteiger partial charge in [0, 0.05) is 0 Å². The lowest BCUT2D eigenvalue weighted by atomic mass is 10.2. The van der Waals surface area contributed by atoms with Gasteiger partial charge in [-0.2, -0.15) is 5.26 Å². The number of aromatic carboxylic acids is 1. The van der Waals surface area contributed by atoms with E-state index in [9.17, 15) is 4.79 Å². The van der Waals surface area contributed by atoms with Gasteiger partial charge in [-0.1, -0.05) is 0 Å². The highest BCUT2D eigenvalue weighted by Crippen LogP contribution is 2.17. The van der Waals surface area contributed by atoms with Crippen LogP contribution in [0.15, 0.2) is 24.5 Å². The highest BCUT2D eigenvalue weighted by molar-refractivity contribution is 5.89. The maximum Gasteiger partial charge on any atom is 0.335 e. The number of nitriles is 1. The largest absolute Gasteiger partial charge is 0.478 e. The summed E-state index contributed by atoms with van der Waals surface area (Å²) in [6, 6.07) is 6.03. The van der Waals surface area contributed by atoms with E-state index in [1.165, 1.54) is 29.2 Å². The third kappa shape index (κ3) is 1.91. The number of nitrogens with two attached hydrogens (primary N) is 1. The average Bonchev–Trinajstić information content (AvgIpc) is 2.77. The van der Waals surface area contributed by atoms with Crippen LogP contribution in [0.3, 0.4) is 0 Å². The van der Waals surface area contributed by atoms with Crippen LogP contribution in [-0.2, 0) is 0 Å².